The number of benzene rings is 1. The van der Waals surface area contributed by atoms with Crippen molar-refractivity contribution in [2.75, 3.05) is 13.2 Å². The summed E-state index contributed by atoms with van der Waals surface area (Å²) in [6, 6.07) is 5.97. The lowest BCUT2D eigenvalue weighted by atomic mass is 9.79. The Hall–Kier alpha value is -2.81. The van der Waals surface area contributed by atoms with E-state index in [-0.39, 0.29) is 17.5 Å². The van der Waals surface area contributed by atoms with E-state index < -0.39 is 28.6 Å². The zero-order valence-corrected chi connectivity index (χ0v) is 25.8. The topological polar surface area (TPSA) is 72.4 Å². The Morgan fingerprint density at radius 1 is 0.929 bits per heavy atom. The van der Waals surface area contributed by atoms with Crippen LogP contribution < -0.4 is 10.6 Å². The van der Waals surface area contributed by atoms with E-state index in [2.05, 4.69) is 10.6 Å². The highest BCUT2D eigenvalue weighted by Gasteiger charge is 2.42. The average molecular weight is 590 g/mol. The highest BCUT2D eigenvalue weighted by molar-refractivity contribution is 5.97. The largest absolute Gasteiger partial charge is 0.416 e. The van der Waals surface area contributed by atoms with Gasteiger partial charge in [0.25, 0.3) is 5.91 Å². The third-order valence-electron chi connectivity index (χ3n) is 8.68. The van der Waals surface area contributed by atoms with Crippen LogP contribution in [0, 0.1) is 12.8 Å². The highest BCUT2D eigenvalue weighted by atomic mass is 19.4. The molecule has 42 heavy (non-hydrogen) atoms. The Kier molecular flexibility index (Phi) is 9.50. The zero-order valence-electron chi connectivity index (χ0n) is 25.8. The number of nitrogens with zero attached hydrogens (tertiary/aromatic N) is 1. The minimum absolute atomic E-state index is 0.00776. The SMILES string of the molecule is Cc1c(C(=O)NC2CCOCC2)cc(-c2ccc(C(C)(C)C(=O)NC(C)(C)C)c(C(F)(F)F)c2)n1CC1CCCCC1. The number of alkyl halides is 3. The molecule has 232 valence electrons. The number of carbonyl (C=O) groups is 2. The summed E-state index contributed by atoms with van der Waals surface area (Å²) in [5.74, 6) is -0.288. The van der Waals surface area contributed by atoms with Crippen LogP contribution in [0.1, 0.15) is 107 Å². The minimum Gasteiger partial charge on any atom is -0.381 e. The molecule has 1 aliphatic heterocycles. The quantitative estimate of drug-likeness (QED) is 0.360. The van der Waals surface area contributed by atoms with Crippen molar-refractivity contribution >= 4 is 11.8 Å². The van der Waals surface area contributed by atoms with Crippen molar-refractivity contribution in [1.29, 1.82) is 0 Å². The predicted molar refractivity (Wildman–Crippen MR) is 158 cm³/mol. The summed E-state index contributed by atoms with van der Waals surface area (Å²) in [6.07, 6.45) is 2.37. The third kappa shape index (κ3) is 7.39. The number of aromatic nitrogens is 1. The molecule has 0 bridgehead atoms. The van der Waals surface area contributed by atoms with E-state index in [4.69, 9.17) is 4.74 Å². The lowest BCUT2D eigenvalue weighted by Crippen LogP contribution is -2.49. The van der Waals surface area contributed by atoms with Crippen molar-refractivity contribution in [1.82, 2.24) is 15.2 Å². The van der Waals surface area contributed by atoms with E-state index in [1.165, 1.54) is 26.3 Å². The summed E-state index contributed by atoms with van der Waals surface area (Å²) in [5, 5.41) is 5.94. The molecule has 2 fully saturated rings. The molecule has 6 nitrogen and oxygen atoms in total. The van der Waals surface area contributed by atoms with Crippen LogP contribution in [0.5, 0.6) is 0 Å². The molecular formula is C33H46F3N3O3. The molecular weight excluding hydrogens is 543 g/mol. The standard InChI is InChI=1S/C33H46F3N3O3/c1-21-25(29(40)37-24-14-16-42-17-15-24)19-28(39(21)20-22-10-8-7-9-11-22)23-12-13-26(27(18-23)33(34,35)36)32(5,6)30(41)38-31(2,3)4/h12-13,18-19,22,24H,7-11,14-17,20H2,1-6H3,(H,37,40)(H,38,41). The second-order valence-electron chi connectivity index (χ2n) is 13.6. The lowest BCUT2D eigenvalue weighted by Gasteiger charge is -2.32. The van der Waals surface area contributed by atoms with Crippen molar-refractivity contribution in [3.8, 4) is 11.3 Å². The molecule has 2 heterocycles. The second kappa shape index (κ2) is 12.4. The van der Waals surface area contributed by atoms with E-state index in [1.807, 2.05) is 11.5 Å². The van der Waals surface area contributed by atoms with Crippen LogP contribution in [0.25, 0.3) is 11.3 Å². The molecule has 1 aromatic carbocycles. The molecule has 2 aliphatic rings. The van der Waals surface area contributed by atoms with Crippen LogP contribution in [0.3, 0.4) is 0 Å². The van der Waals surface area contributed by atoms with Gasteiger partial charge in [0.05, 0.1) is 16.5 Å². The van der Waals surface area contributed by atoms with Crippen molar-refractivity contribution in [3.63, 3.8) is 0 Å². The smallest absolute Gasteiger partial charge is 0.381 e. The van der Waals surface area contributed by atoms with Crippen molar-refractivity contribution < 1.29 is 27.5 Å². The average Bonchev–Trinajstić information content (AvgIpc) is 3.24. The Morgan fingerprint density at radius 3 is 2.17 bits per heavy atom. The van der Waals surface area contributed by atoms with Gasteiger partial charge in [0, 0.05) is 42.7 Å². The van der Waals surface area contributed by atoms with Gasteiger partial charge in [0.15, 0.2) is 0 Å². The summed E-state index contributed by atoms with van der Waals surface area (Å²) in [7, 11) is 0. The first-order chi connectivity index (χ1) is 19.6. The number of rotatable bonds is 7. The van der Waals surface area contributed by atoms with Gasteiger partial charge in [-0.15, -0.1) is 0 Å². The molecule has 4 rings (SSSR count). The number of ether oxygens (including phenoxy) is 1. The second-order valence-corrected chi connectivity index (χ2v) is 13.6. The summed E-state index contributed by atoms with van der Waals surface area (Å²) in [6.45, 7) is 12.1. The molecule has 0 spiro atoms. The molecule has 0 atom stereocenters. The molecule has 1 saturated heterocycles. The summed E-state index contributed by atoms with van der Waals surface area (Å²) in [4.78, 5) is 26.6. The normalized spacial score (nSPS) is 17.7. The molecule has 0 radical (unpaired) electrons. The van der Waals surface area contributed by atoms with E-state index in [0.29, 0.717) is 42.5 Å². The van der Waals surface area contributed by atoms with Gasteiger partial charge < -0.3 is 19.9 Å². The fraction of sp³-hybridized carbons (Fsp3) is 0.636. The number of carbonyl (C=O) groups excluding carboxylic acids is 2. The molecule has 9 heteroatoms. The highest BCUT2D eigenvalue weighted by Crippen LogP contribution is 2.41. The van der Waals surface area contributed by atoms with Gasteiger partial charge in [-0.05, 0) is 96.4 Å². The zero-order chi connectivity index (χ0) is 30.9. The van der Waals surface area contributed by atoms with Crippen LogP contribution in [0.2, 0.25) is 0 Å². The van der Waals surface area contributed by atoms with Crippen molar-refractivity contribution in [2.45, 2.75) is 116 Å². The fourth-order valence-corrected chi connectivity index (χ4v) is 6.18. The first-order valence-electron chi connectivity index (χ1n) is 15.2. The Labute approximate surface area is 247 Å². The van der Waals surface area contributed by atoms with Crippen molar-refractivity contribution in [3.05, 3.63) is 46.6 Å². The van der Waals surface area contributed by atoms with E-state index in [0.717, 1.165) is 50.3 Å². The molecule has 1 saturated carbocycles. The van der Waals surface area contributed by atoms with E-state index >= 15 is 0 Å². The van der Waals surface area contributed by atoms with Crippen molar-refractivity contribution in [2.24, 2.45) is 5.92 Å². The van der Waals surface area contributed by atoms with Crippen LogP contribution in [-0.2, 0) is 27.7 Å². The van der Waals surface area contributed by atoms with Gasteiger partial charge >= 0.3 is 6.18 Å². The number of hydrogen-bond acceptors (Lipinski definition) is 3. The van der Waals surface area contributed by atoms with Gasteiger partial charge in [0.1, 0.15) is 0 Å². The molecule has 2 amide bonds. The summed E-state index contributed by atoms with van der Waals surface area (Å²) < 4.78 is 51.3. The first kappa shape index (κ1) is 32.1. The summed E-state index contributed by atoms with van der Waals surface area (Å²) in [5.41, 5.74) is -0.744. The minimum atomic E-state index is -4.68. The molecule has 0 unspecified atom stereocenters. The van der Waals surface area contributed by atoms with Crippen LogP contribution in [-0.4, -0.2) is 41.2 Å². The first-order valence-corrected chi connectivity index (χ1v) is 15.2. The van der Waals surface area contributed by atoms with E-state index in [9.17, 15) is 22.8 Å². The van der Waals surface area contributed by atoms with Gasteiger partial charge in [-0.1, -0.05) is 31.4 Å². The number of halogens is 3. The molecule has 1 aliphatic carbocycles. The Balaban J connectivity index is 1.78. The maximum atomic E-state index is 14.6. The molecule has 1 aromatic heterocycles. The van der Waals surface area contributed by atoms with Gasteiger partial charge in [0.2, 0.25) is 5.91 Å². The van der Waals surface area contributed by atoms with Crippen LogP contribution in [0.15, 0.2) is 24.3 Å². The number of hydrogen-bond donors (Lipinski definition) is 2. The maximum absolute atomic E-state index is 14.6. The number of nitrogens with one attached hydrogen (secondary N) is 2. The number of amides is 2. The molecule has 2 aromatic rings. The van der Waals surface area contributed by atoms with Gasteiger partial charge in [-0.25, -0.2) is 0 Å². The summed E-state index contributed by atoms with van der Waals surface area (Å²) >= 11 is 0. The lowest BCUT2D eigenvalue weighted by molar-refractivity contribution is -0.139. The van der Waals surface area contributed by atoms with E-state index in [1.54, 1.807) is 32.9 Å². The van der Waals surface area contributed by atoms with Gasteiger partial charge in [-0.2, -0.15) is 13.2 Å². The fourth-order valence-electron chi connectivity index (χ4n) is 6.18. The third-order valence-corrected chi connectivity index (χ3v) is 8.68. The Bertz CT molecular complexity index is 1280. The monoisotopic (exact) mass is 589 g/mol. The van der Waals surface area contributed by atoms with Gasteiger partial charge in [-0.3, -0.25) is 9.59 Å². The predicted octanol–water partition coefficient (Wildman–Crippen LogP) is 7.16. The Morgan fingerprint density at radius 2 is 1.57 bits per heavy atom. The van der Waals surface area contributed by atoms with Crippen LogP contribution in [0.4, 0.5) is 13.2 Å². The molecule has 2 N–H and O–H groups in total. The maximum Gasteiger partial charge on any atom is 0.416 e. The van der Waals surface area contributed by atoms with Crippen LogP contribution >= 0.6 is 0 Å².